The Labute approximate surface area is 157 Å². The van der Waals surface area contributed by atoms with Crippen molar-refractivity contribution in [3.8, 4) is 5.75 Å². The molecule has 0 fully saturated rings. The molecule has 1 aromatic carbocycles. The van der Waals surface area contributed by atoms with E-state index in [1.165, 1.54) is 30.4 Å². The van der Waals surface area contributed by atoms with Crippen LogP contribution < -0.4 is 15.4 Å². The maximum atomic E-state index is 10.7. The normalized spacial score (nSPS) is 17.5. The molecule has 5 heteroatoms. The Balaban J connectivity index is 1.74. The van der Waals surface area contributed by atoms with Crippen molar-refractivity contribution in [3.63, 3.8) is 0 Å². The number of nitrogens with one attached hydrogen (secondary N) is 2. The summed E-state index contributed by atoms with van der Waals surface area (Å²) in [6, 6.07) is 6.62. The maximum Gasteiger partial charge on any atom is 0.317 e. The first-order valence-corrected chi connectivity index (χ1v) is 9.96. The van der Waals surface area contributed by atoms with E-state index >= 15 is 0 Å². The van der Waals surface area contributed by atoms with Crippen LogP contribution in [0.15, 0.2) is 18.2 Å². The Morgan fingerprint density at radius 2 is 2.19 bits per heavy atom. The fourth-order valence-electron chi connectivity index (χ4n) is 3.69. The summed E-state index contributed by atoms with van der Waals surface area (Å²) in [4.78, 5) is 10.7. The Hall–Kier alpha value is -1.59. The number of fused-ring (bicyclic) bond motifs is 1. The number of ether oxygens (including phenoxy) is 1. The maximum absolute atomic E-state index is 10.7. The highest BCUT2D eigenvalue weighted by molar-refractivity contribution is 5.69. The van der Waals surface area contributed by atoms with Crippen molar-refractivity contribution in [2.45, 2.75) is 57.9 Å². The van der Waals surface area contributed by atoms with Gasteiger partial charge in [0.05, 0.1) is 13.2 Å². The lowest BCUT2D eigenvalue weighted by Crippen LogP contribution is -2.37. The predicted octanol–water partition coefficient (Wildman–Crippen LogP) is 3.01. The number of carbonyl (C=O) groups is 1. The van der Waals surface area contributed by atoms with Gasteiger partial charge in [0.1, 0.15) is 5.75 Å². The number of hydrogen-bond acceptors (Lipinski definition) is 4. The minimum Gasteiger partial charge on any atom is -0.494 e. The molecule has 0 saturated heterocycles. The van der Waals surface area contributed by atoms with Crippen molar-refractivity contribution in [2.75, 3.05) is 26.7 Å². The molecule has 1 aliphatic carbocycles. The van der Waals surface area contributed by atoms with E-state index in [-0.39, 0.29) is 12.6 Å². The van der Waals surface area contributed by atoms with Gasteiger partial charge in [-0.25, -0.2) is 0 Å². The molecule has 5 nitrogen and oxygen atoms in total. The Kier molecular flexibility index (Phi) is 8.92. The van der Waals surface area contributed by atoms with Gasteiger partial charge in [-0.1, -0.05) is 19.4 Å². The molecule has 0 bridgehead atoms. The molecule has 2 unspecified atom stereocenters. The van der Waals surface area contributed by atoms with Gasteiger partial charge in [-0.15, -0.1) is 0 Å². The highest BCUT2D eigenvalue weighted by Gasteiger charge is 2.19. The molecule has 26 heavy (non-hydrogen) atoms. The Morgan fingerprint density at radius 3 is 2.92 bits per heavy atom. The molecule has 0 heterocycles. The number of aliphatic carboxylic acids is 1. The average Bonchev–Trinajstić information content (AvgIpc) is 2.65. The summed E-state index contributed by atoms with van der Waals surface area (Å²) in [7, 11) is 2.01. The summed E-state index contributed by atoms with van der Waals surface area (Å²) in [5.41, 5.74) is 2.65. The number of benzene rings is 1. The molecule has 0 aliphatic heterocycles. The second-order valence-corrected chi connectivity index (χ2v) is 7.30. The fourth-order valence-corrected chi connectivity index (χ4v) is 3.69. The van der Waals surface area contributed by atoms with Crippen LogP contribution in [0.5, 0.6) is 5.75 Å². The third kappa shape index (κ3) is 6.96. The third-order valence-corrected chi connectivity index (χ3v) is 5.35. The van der Waals surface area contributed by atoms with Crippen LogP contribution >= 0.6 is 0 Å². The van der Waals surface area contributed by atoms with Crippen LogP contribution in [0.3, 0.4) is 0 Å². The first-order chi connectivity index (χ1) is 12.6. The minimum atomic E-state index is -0.796. The summed E-state index contributed by atoms with van der Waals surface area (Å²) >= 11 is 0. The molecule has 2 rings (SSSR count). The van der Waals surface area contributed by atoms with E-state index in [9.17, 15) is 4.79 Å². The standard InChI is InChI=1S/C21H34N2O3/c1-3-16(10-11-22-2)5-4-12-26-20-9-7-17-13-19(23-15-21(24)25)8-6-18(17)14-20/h7,9,14,16,19,22-23H,3-6,8,10-13,15H2,1-2H3,(H,24,25). The smallest absolute Gasteiger partial charge is 0.317 e. The number of carboxylic acid groups (broad SMARTS) is 1. The van der Waals surface area contributed by atoms with Crippen molar-refractivity contribution in [1.82, 2.24) is 10.6 Å². The van der Waals surface area contributed by atoms with Crippen molar-refractivity contribution in [1.29, 1.82) is 0 Å². The van der Waals surface area contributed by atoms with E-state index in [4.69, 9.17) is 9.84 Å². The molecule has 0 radical (unpaired) electrons. The summed E-state index contributed by atoms with van der Waals surface area (Å²) in [5.74, 6) is 0.949. The minimum absolute atomic E-state index is 0.0360. The largest absolute Gasteiger partial charge is 0.494 e. The first-order valence-electron chi connectivity index (χ1n) is 9.96. The van der Waals surface area contributed by atoms with E-state index in [0.29, 0.717) is 0 Å². The molecule has 0 saturated carbocycles. The van der Waals surface area contributed by atoms with Crippen LogP contribution in [0.25, 0.3) is 0 Å². The first kappa shape index (κ1) is 20.7. The number of hydrogen-bond donors (Lipinski definition) is 3. The van der Waals surface area contributed by atoms with Crippen molar-refractivity contribution in [2.24, 2.45) is 5.92 Å². The van der Waals surface area contributed by atoms with Crippen LogP contribution in [-0.4, -0.2) is 43.9 Å². The van der Waals surface area contributed by atoms with Gasteiger partial charge in [0.25, 0.3) is 0 Å². The zero-order chi connectivity index (χ0) is 18.8. The van der Waals surface area contributed by atoms with E-state index < -0.39 is 5.97 Å². The van der Waals surface area contributed by atoms with Crippen molar-refractivity contribution in [3.05, 3.63) is 29.3 Å². The molecule has 1 aliphatic rings. The van der Waals surface area contributed by atoms with Crippen LogP contribution in [0, 0.1) is 5.92 Å². The van der Waals surface area contributed by atoms with Gasteiger partial charge in [-0.3, -0.25) is 4.79 Å². The number of rotatable bonds is 12. The predicted molar refractivity (Wildman–Crippen MR) is 105 cm³/mol. The van der Waals surface area contributed by atoms with Gasteiger partial charge >= 0.3 is 5.97 Å². The summed E-state index contributed by atoms with van der Waals surface area (Å²) in [5, 5.41) is 15.1. The van der Waals surface area contributed by atoms with E-state index in [2.05, 4.69) is 35.8 Å². The van der Waals surface area contributed by atoms with Gasteiger partial charge in [0.15, 0.2) is 0 Å². The third-order valence-electron chi connectivity index (χ3n) is 5.35. The Bertz CT molecular complexity index is 562. The van der Waals surface area contributed by atoms with Gasteiger partial charge in [0, 0.05) is 6.04 Å². The lowest BCUT2D eigenvalue weighted by Gasteiger charge is -2.25. The van der Waals surface area contributed by atoms with E-state index in [1.807, 2.05) is 7.05 Å². The zero-order valence-corrected chi connectivity index (χ0v) is 16.2. The molecule has 3 N–H and O–H groups in total. The summed E-state index contributed by atoms with van der Waals surface area (Å²) in [6.45, 7) is 4.17. The fraction of sp³-hybridized carbons (Fsp3) is 0.667. The molecule has 1 aromatic rings. The number of aryl methyl sites for hydroxylation is 1. The number of carboxylic acids is 1. The van der Waals surface area contributed by atoms with Gasteiger partial charge in [-0.05, 0) is 81.3 Å². The lowest BCUT2D eigenvalue weighted by molar-refractivity contribution is -0.136. The molecular formula is C21H34N2O3. The molecular weight excluding hydrogens is 328 g/mol. The van der Waals surface area contributed by atoms with Crippen LogP contribution in [0.1, 0.15) is 50.2 Å². The van der Waals surface area contributed by atoms with Gasteiger partial charge in [-0.2, -0.15) is 0 Å². The summed E-state index contributed by atoms with van der Waals surface area (Å²) < 4.78 is 5.97. The topological polar surface area (TPSA) is 70.6 Å². The average molecular weight is 363 g/mol. The SMILES string of the molecule is CCC(CCCOc1ccc2c(c1)CCC(NCC(=O)O)C2)CCNC. The van der Waals surface area contributed by atoms with E-state index in [1.54, 1.807) is 0 Å². The second-order valence-electron chi connectivity index (χ2n) is 7.30. The zero-order valence-electron chi connectivity index (χ0n) is 16.2. The van der Waals surface area contributed by atoms with Crippen LogP contribution in [0.2, 0.25) is 0 Å². The molecule has 0 spiro atoms. The monoisotopic (exact) mass is 362 g/mol. The van der Waals surface area contributed by atoms with Gasteiger partial charge in [0.2, 0.25) is 0 Å². The van der Waals surface area contributed by atoms with Crippen molar-refractivity contribution >= 4 is 5.97 Å². The van der Waals surface area contributed by atoms with Crippen LogP contribution in [0.4, 0.5) is 0 Å². The lowest BCUT2D eigenvalue weighted by atomic mass is 9.88. The highest BCUT2D eigenvalue weighted by atomic mass is 16.5. The Morgan fingerprint density at radius 1 is 1.35 bits per heavy atom. The van der Waals surface area contributed by atoms with Gasteiger partial charge < -0.3 is 20.5 Å². The quantitative estimate of drug-likeness (QED) is 0.499. The van der Waals surface area contributed by atoms with E-state index in [0.717, 1.165) is 50.5 Å². The molecule has 146 valence electrons. The van der Waals surface area contributed by atoms with Crippen LogP contribution in [-0.2, 0) is 17.6 Å². The molecule has 2 atom stereocenters. The molecule has 0 aromatic heterocycles. The molecule has 0 amide bonds. The highest BCUT2D eigenvalue weighted by Crippen LogP contribution is 2.26. The summed E-state index contributed by atoms with van der Waals surface area (Å²) in [6.07, 6.45) is 7.65. The second kappa shape index (κ2) is 11.2. The van der Waals surface area contributed by atoms with Crippen molar-refractivity contribution < 1.29 is 14.6 Å².